The molecule has 1 atom stereocenters. The Hall–Kier alpha value is -2.18. The van der Waals surface area contributed by atoms with Crippen LogP contribution in [0.1, 0.15) is 47.3 Å². The second-order valence-corrected chi connectivity index (χ2v) is 10.2. The first-order chi connectivity index (χ1) is 16.8. The van der Waals surface area contributed by atoms with Crippen molar-refractivity contribution in [3.05, 3.63) is 49.8 Å². The van der Waals surface area contributed by atoms with Gasteiger partial charge in [-0.05, 0) is 49.4 Å². The van der Waals surface area contributed by atoms with Crippen molar-refractivity contribution < 1.29 is 40.7 Å². The van der Waals surface area contributed by atoms with Gasteiger partial charge in [-0.1, -0.05) is 39.7 Å². The van der Waals surface area contributed by atoms with Crippen molar-refractivity contribution in [3.8, 4) is 5.06 Å². The molecule has 2 heterocycles. The number of hydrogen-bond donors (Lipinski definition) is 1. The molecular formula is C22H18Cl2F6N2O3S. The molecule has 0 saturated carbocycles. The van der Waals surface area contributed by atoms with Crippen molar-refractivity contribution in [2.75, 3.05) is 6.54 Å². The molecule has 0 radical (unpaired) electrons. The molecule has 1 aliphatic carbocycles. The van der Waals surface area contributed by atoms with Gasteiger partial charge in [-0.25, -0.2) is 4.79 Å². The summed E-state index contributed by atoms with van der Waals surface area (Å²) in [7, 11) is 0. The van der Waals surface area contributed by atoms with Crippen LogP contribution in [0.2, 0.25) is 10.0 Å². The fourth-order valence-electron chi connectivity index (χ4n) is 4.15. The first-order valence-electron chi connectivity index (χ1n) is 10.7. The number of amides is 1. The summed E-state index contributed by atoms with van der Waals surface area (Å²) < 4.78 is 85.3. The maximum atomic E-state index is 14.3. The van der Waals surface area contributed by atoms with Crippen molar-refractivity contribution >= 4 is 46.3 Å². The fraction of sp³-hybridized carbons (Fsp3) is 0.455. The van der Waals surface area contributed by atoms with E-state index in [1.807, 2.05) is 5.32 Å². The highest BCUT2D eigenvalue weighted by Crippen LogP contribution is 2.51. The summed E-state index contributed by atoms with van der Waals surface area (Å²) in [5.74, 6) is 0. The minimum absolute atomic E-state index is 0.00102. The zero-order valence-electron chi connectivity index (χ0n) is 18.3. The number of nitrogens with zero attached hydrogens (tertiary/aromatic N) is 1. The number of carbonyl (C=O) groups excluding carboxylic acids is 1. The van der Waals surface area contributed by atoms with Gasteiger partial charge in [-0.15, -0.1) is 0 Å². The lowest BCUT2D eigenvalue weighted by atomic mass is 9.86. The molecule has 36 heavy (non-hydrogen) atoms. The average Bonchev–Trinajstić information content (AvgIpc) is 3.35. The zero-order valence-corrected chi connectivity index (χ0v) is 20.6. The van der Waals surface area contributed by atoms with Gasteiger partial charge in [0.15, 0.2) is 5.06 Å². The minimum Gasteiger partial charge on any atom is -0.399 e. The van der Waals surface area contributed by atoms with Crippen LogP contribution in [0.15, 0.2) is 23.4 Å². The normalized spacial score (nSPS) is 19.9. The van der Waals surface area contributed by atoms with Crippen molar-refractivity contribution in [2.24, 2.45) is 5.16 Å². The van der Waals surface area contributed by atoms with E-state index in [1.165, 1.54) is 6.07 Å². The largest absolute Gasteiger partial charge is 0.435 e. The number of halogens is 8. The molecule has 1 N–H and O–H groups in total. The van der Waals surface area contributed by atoms with Crippen LogP contribution < -0.4 is 10.1 Å². The number of thiophene rings is 1. The van der Waals surface area contributed by atoms with E-state index < -0.39 is 43.4 Å². The Labute approximate surface area is 215 Å². The zero-order chi connectivity index (χ0) is 26.3. The van der Waals surface area contributed by atoms with Gasteiger partial charge in [0.05, 0.1) is 17.7 Å². The second-order valence-electron chi connectivity index (χ2n) is 8.35. The third-order valence-electron chi connectivity index (χ3n) is 5.82. The Balaban J connectivity index is 1.61. The van der Waals surface area contributed by atoms with E-state index in [0.717, 1.165) is 36.3 Å². The highest BCUT2D eigenvalue weighted by Gasteiger charge is 2.62. The molecule has 0 fully saturated rings. The molecule has 0 spiro atoms. The van der Waals surface area contributed by atoms with E-state index >= 15 is 0 Å². The van der Waals surface area contributed by atoms with Crippen LogP contribution in [0.5, 0.6) is 5.06 Å². The maximum Gasteiger partial charge on any atom is 0.435 e. The van der Waals surface area contributed by atoms with E-state index in [0.29, 0.717) is 28.8 Å². The summed E-state index contributed by atoms with van der Waals surface area (Å²) in [5.41, 5.74) is -1.80. The number of hydrogen-bond acceptors (Lipinski definition) is 5. The second kappa shape index (κ2) is 9.94. The standard InChI is InChI=1S/C22H18Cl2F6N2O3S/c23-12-7-11(8-13(24)9-12)20(22(28,29)30)10-16(32-35-20)17-14-3-1-2-4-15(14)18(36-17)34-19(33)31-6-5-21(25,26)27/h7-9H,1-6,10H2,(H,31,33). The third-order valence-corrected chi connectivity index (χ3v) is 7.46. The number of nitrogens with one attached hydrogen (secondary N) is 1. The quantitative estimate of drug-likeness (QED) is 0.375. The Morgan fingerprint density at radius 1 is 1.08 bits per heavy atom. The molecule has 2 aliphatic rings. The minimum atomic E-state index is -4.87. The summed E-state index contributed by atoms with van der Waals surface area (Å²) in [6.07, 6.45) is -9.76. The number of alkyl halides is 6. The van der Waals surface area contributed by atoms with E-state index in [4.69, 9.17) is 32.8 Å². The molecule has 14 heteroatoms. The highest BCUT2D eigenvalue weighted by atomic mass is 35.5. The van der Waals surface area contributed by atoms with Crippen molar-refractivity contribution in [1.29, 1.82) is 0 Å². The van der Waals surface area contributed by atoms with Gasteiger partial charge in [0.2, 0.25) is 0 Å². The molecule has 1 aliphatic heterocycles. The van der Waals surface area contributed by atoms with Gasteiger partial charge >= 0.3 is 18.4 Å². The fourth-order valence-corrected chi connectivity index (χ4v) is 5.90. The van der Waals surface area contributed by atoms with Crippen LogP contribution in [0, 0.1) is 0 Å². The molecule has 1 aromatic heterocycles. The molecule has 2 aromatic rings. The van der Waals surface area contributed by atoms with E-state index in [-0.39, 0.29) is 26.4 Å². The van der Waals surface area contributed by atoms with E-state index in [9.17, 15) is 31.1 Å². The third kappa shape index (κ3) is 5.55. The summed E-state index contributed by atoms with van der Waals surface area (Å²) in [6, 6.07) is 3.53. The van der Waals surface area contributed by atoms with Crippen LogP contribution in [0.3, 0.4) is 0 Å². The Bertz CT molecular complexity index is 1180. The molecule has 5 nitrogen and oxygen atoms in total. The van der Waals surface area contributed by atoms with E-state index in [2.05, 4.69) is 5.16 Å². The molecule has 0 saturated heterocycles. The van der Waals surface area contributed by atoms with Crippen LogP contribution in [-0.2, 0) is 23.3 Å². The molecule has 1 unspecified atom stereocenters. The van der Waals surface area contributed by atoms with Crippen LogP contribution >= 0.6 is 34.5 Å². The summed E-state index contributed by atoms with van der Waals surface area (Å²) in [5, 5.41) is 5.93. The molecule has 4 rings (SSSR count). The lowest BCUT2D eigenvalue weighted by Crippen LogP contribution is -2.42. The summed E-state index contributed by atoms with van der Waals surface area (Å²) in [4.78, 5) is 17.5. The van der Waals surface area contributed by atoms with Gasteiger partial charge in [0.1, 0.15) is 5.71 Å². The molecular weight excluding hydrogens is 557 g/mol. The number of carbonyl (C=O) groups is 1. The predicted octanol–water partition coefficient (Wildman–Crippen LogP) is 7.56. The maximum absolute atomic E-state index is 14.3. The summed E-state index contributed by atoms with van der Waals surface area (Å²) >= 11 is 12.8. The highest BCUT2D eigenvalue weighted by molar-refractivity contribution is 7.16. The number of rotatable bonds is 5. The summed E-state index contributed by atoms with van der Waals surface area (Å²) in [6.45, 7) is -0.667. The van der Waals surface area contributed by atoms with Gasteiger partial charge in [-0.3, -0.25) is 0 Å². The first kappa shape index (κ1) is 26.9. The lowest BCUT2D eigenvalue weighted by Gasteiger charge is -2.29. The Morgan fingerprint density at radius 3 is 2.33 bits per heavy atom. The first-order valence-corrected chi connectivity index (χ1v) is 12.3. The number of fused-ring (bicyclic) bond motifs is 1. The van der Waals surface area contributed by atoms with Gasteiger partial charge < -0.3 is 14.9 Å². The SMILES string of the molecule is O=C(NCCC(F)(F)F)Oc1sc(C2=NOC(c3cc(Cl)cc(Cl)c3)(C(F)(F)F)C2)c2c1CCCC2. The molecule has 1 amide bonds. The van der Waals surface area contributed by atoms with Gasteiger partial charge in [0, 0.05) is 27.7 Å². The van der Waals surface area contributed by atoms with E-state index in [1.54, 1.807) is 0 Å². The monoisotopic (exact) mass is 574 g/mol. The van der Waals surface area contributed by atoms with Crippen molar-refractivity contribution in [2.45, 2.75) is 56.5 Å². The van der Waals surface area contributed by atoms with Gasteiger partial charge in [-0.2, -0.15) is 26.3 Å². The van der Waals surface area contributed by atoms with Gasteiger partial charge in [0.25, 0.3) is 5.60 Å². The molecule has 0 bridgehead atoms. The van der Waals surface area contributed by atoms with Crippen molar-refractivity contribution in [3.63, 3.8) is 0 Å². The van der Waals surface area contributed by atoms with Crippen LogP contribution in [0.4, 0.5) is 31.1 Å². The van der Waals surface area contributed by atoms with Crippen LogP contribution in [0.25, 0.3) is 0 Å². The molecule has 196 valence electrons. The van der Waals surface area contributed by atoms with Crippen LogP contribution in [-0.4, -0.2) is 30.7 Å². The average molecular weight is 575 g/mol. The Morgan fingerprint density at radius 2 is 1.72 bits per heavy atom. The predicted molar refractivity (Wildman–Crippen MR) is 122 cm³/mol. The Kier molecular flexibility index (Phi) is 7.42. The number of ether oxygens (including phenoxy) is 1. The number of benzene rings is 1. The lowest BCUT2D eigenvalue weighted by molar-refractivity contribution is -0.275. The smallest absolute Gasteiger partial charge is 0.399 e. The van der Waals surface area contributed by atoms with Crippen molar-refractivity contribution in [1.82, 2.24) is 5.32 Å². The number of oxime groups is 1. The molecule has 1 aromatic carbocycles. The topological polar surface area (TPSA) is 59.9 Å².